The van der Waals surface area contributed by atoms with Crippen LogP contribution in [0.3, 0.4) is 0 Å². The van der Waals surface area contributed by atoms with Gasteiger partial charge in [0, 0.05) is 11.3 Å². The van der Waals surface area contributed by atoms with Crippen LogP contribution in [0.5, 0.6) is 0 Å². The Morgan fingerprint density at radius 1 is 1.47 bits per heavy atom. The van der Waals surface area contributed by atoms with Crippen LogP contribution in [0.15, 0.2) is 12.1 Å². The van der Waals surface area contributed by atoms with Crippen molar-refractivity contribution in [2.45, 2.75) is 32.6 Å². The molecule has 0 fully saturated rings. The molecule has 4 heteroatoms. The second-order valence-electron chi connectivity index (χ2n) is 3.49. The number of aryl methyl sites for hydroxylation is 1. The van der Waals surface area contributed by atoms with Gasteiger partial charge < -0.3 is 5.73 Å². The number of nitrogens with zero attached hydrogens (tertiary/aromatic N) is 1. The SMILES string of the molecule is CCCCCc1cc(C(N)=O)cc(Cl)n1. The number of carbonyl (C=O) groups is 1. The molecule has 1 heterocycles. The van der Waals surface area contributed by atoms with Crippen molar-refractivity contribution in [1.29, 1.82) is 0 Å². The summed E-state index contributed by atoms with van der Waals surface area (Å²) < 4.78 is 0. The Hall–Kier alpha value is -1.09. The van der Waals surface area contributed by atoms with Crippen LogP contribution in [0.4, 0.5) is 0 Å². The van der Waals surface area contributed by atoms with Crippen LogP contribution in [0, 0.1) is 0 Å². The summed E-state index contributed by atoms with van der Waals surface area (Å²) in [7, 11) is 0. The normalized spacial score (nSPS) is 10.3. The van der Waals surface area contributed by atoms with Gasteiger partial charge in [0.15, 0.2) is 0 Å². The van der Waals surface area contributed by atoms with Gasteiger partial charge in [-0.25, -0.2) is 4.98 Å². The molecule has 0 aliphatic carbocycles. The highest BCUT2D eigenvalue weighted by Gasteiger charge is 2.05. The summed E-state index contributed by atoms with van der Waals surface area (Å²) in [6.07, 6.45) is 4.21. The molecule has 1 aromatic rings. The van der Waals surface area contributed by atoms with E-state index in [1.54, 1.807) is 6.07 Å². The number of aromatic nitrogens is 1. The average Bonchev–Trinajstić information content (AvgIpc) is 2.17. The molecule has 0 bridgehead atoms. The molecular weight excluding hydrogens is 212 g/mol. The molecule has 0 unspecified atom stereocenters. The molecule has 1 amide bonds. The number of hydrogen-bond acceptors (Lipinski definition) is 2. The Morgan fingerprint density at radius 2 is 2.20 bits per heavy atom. The highest BCUT2D eigenvalue weighted by Crippen LogP contribution is 2.12. The predicted octanol–water partition coefficient (Wildman–Crippen LogP) is 2.57. The van der Waals surface area contributed by atoms with Gasteiger partial charge in [-0.15, -0.1) is 0 Å². The monoisotopic (exact) mass is 226 g/mol. The molecule has 1 aromatic heterocycles. The quantitative estimate of drug-likeness (QED) is 0.620. The van der Waals surface area contributed by atoms with Crippen LogP contribution < -0.4 is 5.73 Å². The summed E-state index contributed by atoms with van der Waals surface area (Å²) in [6.45, 7) is 2.14. The first-order chi connectivity index (χ1) is 7.13. The summed E-state index contributed by atoms with van der Waals surface area (Å²) >= 11 is 5.79. The molecule has 15 heavy (non-hydrogen) atoms. The van der Waals surface area contributed by atoms with Crippen LogP contribution in [-0.4, -0.2) is 10.9 Å². The molecule has 0 saturated heterocycles. The Balaban J connectivity index is 2.75. The molecule has 2 N–H and O–H groups in total. The number of primary amides is 1. The van der Waals surface area contributed by atoms with Crippen LogP contribution >= 0.6 is 11.6 Å². The molecule has 0 radical (unpaired) electrons. The number of amides is 1. The number of hydrogen-bond donors (Lipinski definition) is 1. The first-order valence-corrected chi connectivity index (χ1v) is 5.47. The fraction of sp³-hybridized carbons (Fsp3) is 0.455. The van der Waals surface area contributed by atoms with Crippen molar-refractivity contribution in [3.05, 3.63) is 28.5 Å². The maximum absolute atomic E-state index is 11.0. The molecule has 0 aromatic carbocycles. The Kier molecular flexibility index (Phi) is 4.56. The lowest BCUT2D eigenvalue weighted by Gasteiger charge is -2.03. The minimum atomic E-state index is -0.462. The Labute approximate surface area is 94.6 Å². The molecule has 3 nitrogen and oxygen atoms in total. The number of rotatable bonds is 5. The molecule has 0 spiro atoms. The summed E-state index contributed by atoms with van der Waals surface area (Å²) in [4.78, 5) is 15.1. The Morgan fingerprint density at radius 3 is 2.80 bits per heavy atom. The Bertz CT molecular complexity index is 352. The lowest BCUT2D eigenvalue weighted by atomic mass is 10.1. The van der Waals surface area contributed by atoms with Crippen molar-refractivity contribution in [2.75, 3.05) is 0 Å². The highest BCUT2D eigenvalue weighted by molar-refractivity contribution is 6.29. The lowest BCUT2D eigenvalue weighted by molar-refractivity contribution is 0.1000. The van der Waals surface area contributed by atoms with Gasteiger partial charge in [-0.3, -0.25) is 4.79 Å². The first kappa shape index (κ1) is 12.0. The average molecular weight is 227 g/mol. The summed E-state index contributed by atoms with van der Waals surface area (Å²) in [5, 5.41) is 0.331. The smallest absolute Gasteiger partial charge is 0.248 e. The molecule has 0 atom stereocenters. The van der Waals surface area contributed by atoms with E-state index in [9.17, 15) is 4.79 Å². The van der Waals surface area contributed by atoms with Crippen LogP contribution in [-0.2, 0) is 6.42 Å². The van der Waals surface area contributed by atoms with E-state index in [0.29, 0.717) is 10.7 Å². The van der Waals surface area contributed by atoms with Crippen LogP contribution in [0.2, 0.25) is 5.15 Å². The van der Waals surface area contributed by atoms with Gasteiger partial charge in [0.05, 0.1) is 0 Å². The van der Waals surface area contributed by atoms with E-state index in [2.05, 4.69) is 11.9 Å². The minimum absolute atomic E-state index is 0.331. The van der Waals surface area contributed by atoms with Crippen molar-refractivity contribution < 1.29 is 4.79 Å². The predicted molar refractivity (Wildman–Crippen MR) is 61.0 cm³/mol. The second-order valence-corrected chi connectivity index (χ2v) is 3.88. The number of carbonyl (C=O) groups excluding carboxylic acids is 1. The number of halogens is 1. The number of pyridine rings is 1. The van der Waals surface area contributed by atoms with E-state index >= 15 is 0 Å². The topological polar surface area (TPSA) is 56.0 Å². The first-order valence-electron chi connectivity index (χ1n) is 5.09. The third-order valence-corrected chi connectivity index (χ3v) is 2.36. The van der Waals surface area contributed by atoms with Crippen molar-refractivity contribution in [1.82, 2.24) is 4.98 Å². The molecule has 1 rings (SSSR count). The van der Waals surface area contributed by atoms with Gasteiger partial charge >= 0.3 is 0 Å². The zero-order valence-corrected chi connectivity index (χ0v) is 9.55. The fourth-order valence-electron chi connectivity index (χ4n) is 1.38. The van der Waals surface area contributed by atoms with Gasteiger partial charge in [-0.05, 0) is 25.0 Å². The summed E-state index contributed by atoms with van der Waals surface area (Å²) in [5.41, 5.74) is 6.45. The largest absolute Gasteiger partial charge is 0.366 e. The van der Waals surface area contributed by atoms with Gasteiger partial charge in [0.1, 0.15) is 5.15 Å². The maximum Gasteiger partial charge on any atom is 0.248 e. The molecular formula is C11H15ClN2O. The van der Waals surface area contributed by atoms with Gasteiger partial charge in [0.25, 0.3) is 0 Å². The number of nitrogens with two attached hydrogens (primary N) is 1. The maximum atomic E-state index is 11.0. The van der Waals surface area contributed by atoms with Gasteiger partial charge in [-0.2, -0.15) is 0 Å². The third-order valence-electron chi connectivity index (χ3n) is 2.17. The summed E-state index contributed by atoms with van der Waals surface area (Å²) in [5.74, 6) is -0.462. The van der Waals surface area contributed by atoms with E-state index < -0.39 is 5.91 Å². The standard InChI is InChI=1S/C11H15ClN2O/c1-2-3-4-5-9-6-8(11(13)15)7-10(12)14-9/h6-7H,2-5H2,1H3,(H2,13,15). The lowest BCUT2D eigenvalue weighted by Crippen LogP contribution is -2.11. The summed E-state index contributed by atoms with van der Waals surface area (Å²) in [6, 6.07) is 3.21. The molecule has 82 valence electrons. The van der Waals surface area contributed by atoms with Crippen LogP contribution in [0.25, 0.3) is 0 Å². The van der Waals surface area contributed by atoms with Crippen molar-refractivity contribution in [2.24, 2.45) is 5.73 Å². The molecule has 0 saturated carbocycles. The van der Waals surface area contributed by atoms with Crippen molar-refractivity contribution in [3.8, 4) is 0 Å². The molecule has 0 aliphatic heterocycles. The van der Waals surface area contributed by atoms with Crippen molar-refractivity contribution in [3.63, 3.8) is 0 Å². The second kappa shape index (κ2) is 5.71. The zero-order valence-electron chi connectivity index (χ0n) is 8.79. The van der Waals surface area contributed by atoms with E-state index in [-0.39, 0.29) is 0 Å². The van der Waals surface area contributed by atoms with E-state index in [4.69, 9.17) is 17.3 Å². The minimum Gasteiger partial charge on any atom is -0.366 e. The number of unbranched alkanes of at least 4 members (excludes halogenated alkanes) is 2. The van der Waals surface area contributed by atoms with Gasteiger partial charge in [-0.1, -0.05) is 31.4 Å². The highest BCUT2D eigenvalue weighted by atomic mass is 35.5. The third kappa shape index (κ3) is 3.88. The van der Waals surface area contributed by atoms with Crippen molar-refractivity contribution >= 4 is 17.5 Å². The fourth-order valence-corrected chi connectivity index (χ4v) is 1.60. The van der Waals surface area contributed by atoms with E-state index in [1.807, 2.05) is 0 Å². The molecule has 0 aliphatic rings. The van der Waals surface area contributed by atoms with E-state index in [1.165, 1.54) is 6.07 Å². The van der Waals surface area contributed by atoms with Crippen LogP contribution in [0.1, 0.15) is 42.2 Å². The van der Waals surface area contributed by atoms with Gasteiger partial charge in [0.2, 0.25) is 5.91 Å². The van der Waals surface area contributed by atoms with E-state index in [0.717, 1.165) is 31.4 Å². The zero-order chi connectivity index (χ0) is 11.3.